The Labute approximate surface area is 452 Å². The standard InChI is InChI=1S/C21H21FN4O2S.C19H28N4O3S2.C9H8ClFO.C2H4O2.H3P/c1-12-2-3-13(10-17(12)22)18(27)19-20(23)26-21(29-19)25-14-4-6-15(7-5-14)28-16-8-9-24-11-16;1-5-28-16(20)22-17(27)21-13-6-8-14(9-7-13)25-15-10-11-23(12-15)18(24)26-19(2,3)4;1-6-2-3-7(4-8(6)11)9(12)5-10;1-2(3)4;/h2-7,10,16,24H,8-9,11,23H2,1H3,(H,25,26);6-9,15H,5,10-12H2,1-4H3,(H3,20,21,22,27);2-4H,5H2,1H3;1H3,(H,3,4);1H3. The number of nitrogens with two attached hydrogens (primary N) is 2. The number of aliphatic imine (C=N–C) groups is 1. The van der Waals surface area contributed by atoms with Crippen molar-refractivity contribution in [3.8, 4) is 11.5 Å². The van der Waals surface area contributed by atoms with E-state index >= 15 is 0 Å². The molecule has 0 radical (unpaired) electrons. The molecule has 1 aromatic heterocycles. The average Bonchev–Trinajstić information content (AvgIpc) is 4.11. The summed E-state index contributed by atoms with van der Waals surface area (Å²) in [6.07, 6.45) is 1.62. The number of nitrogens with zero attached hydrogens (tertiary/aromatic N) is 3. The van der Waals surface area contributed by atoms with Crippen molar-refractivity contribution in [1.82, 2.24) is 15.2 Å². The van der Waals surface area contributed by atoms with Crippen LogP contribution in [0.15, 0.2) is 89.9 Å². The Balaban J connectivity index is 0.000000300. The van der Waals surface area contributed by atoms with Crippen molar-refractivity contribution in [3.63, 3.8) is 0 Å². The van der Waals surface area contributed by atoms with E-state index in [0.29, 0.717) is 45.2 Å². The van der Waals surface area contributed by atoms with Crippen LogP contribution in [0.5, 0.6) is 11.5 Å². The number of amides is 1. The fourth-order valence-corrected chi connectivity index (χ4v) is 8.22. The Morgan fingerprint density at radius 2 is 1.49 bits per heavy atom. The van der Waals surface area contributed by atoms with Crippen molar-refractivity contribution in [2.45, 2.75) is 79.1 Å². The third-order valence-corrected chi connectivity index (χ3v) is 12.1. The summed E-state index contributed by atoms with van der Waals surface area (Å²) in [5.41, 5.74) is 14.4. The Morgan fingerprint density at radius 1 is 0.932 bits per heavy atom. The number of aromatic nitrogens is 1. The molecule has 4 aromatic carbocycles. The zero-order valence-corrected chi connectivity index (χ0v) is 46.9. The number of carboxylic acid groups (broad SMARTS) is 1. The van der Waals surface area contributed by atoms with Gasteiger partial charge in [-0.15, -0.1) is 11.6 Å². The molecule has 0 bridgehead atoms. The highest BCUT2D eigenvalue weighted by molar-refractivity contribution is 8.13. The van der Waals surface area contributed by atoms with E-state index in [1.54, 1.807) is 43.0 Å². The van der Waals surface area contributed by atoms with Crippen molar-refractivity contribution >= 4 is 113 Å². The number of thiocarbonyl (C=S) groups is 1. The number of ether oxygens (including phenoxy) is 3. The number of carbonyl (C=O) groups excluding carboxylic acids is 3. The number of rotatable bonds is 12. The molecule has 2 saturated heterocycles. The molecule has 74 heavy (non-hydrogen) atoms. The number of thiazole rings is 1. The fourth-order valence-electron chi connectivity index (χ4n) is 6.48. The molecule has 3 unspecified atom stereocenters. The molecule has 400 valence electrons. The lowest BCUT2D eigenvalue weighted by molar-refractivity contribution is -0.134. The summed E-state index contributed by atoms with van der Waals surface area (Å²) in [7, 11) is 0. The number of carbonyl (C=O) groups is 4. The molecule has 1 amide bonds. The number of aliphatic carboxylic acids is 1. The normalized spacial score (nSPS) is 14.8. The van der Waals surface area contributed by atoms with Gasteiger partial charge in [-0.3, -0.25) is 14.4 Å². The number of nitrogen functional groups attached to an aromatic ring is 1. The Morgan fingerprint density at radius 3 is 2.01 bits per heavy atom. The largest absolute Gasteiger partial charge is 0.489 e. The quantitative estimate of drug-likeness (QED) is 0.0170. The topological polar surface area (TPSA) is 233 Å². The van der Waals surface area contributed by atoms with Crippen molar-refractivity contribution in [3.05, 3.63) is 124 Å². The minimum absolute atomic E-state index is 0. The molecule has 0 aliphatic carbocycles. The molecular formula is C51H64ClF2N8O8PS3. The summed E-state index contributed by atoms with van der Waals surface area (Å²) in [6.45, 7) is 14.9. The minimum atomic E-state index is -0.833. The van der Waals surface area contributed by atoms with Gasteiger partial charge in [0.15, 0.2) is 21.2 Å². The summed E-state index contributed by atoms with van der Waals surface area (Å²) in [5, 5.41) is 18.1. The number of nitrogens with one attached hydrogen (secondary N) is 3. The minimum Gasteiger partial charge on any atom is -0.489 e. The first-order valence-corrected chi connectivity index (χ1v) is 25.7. The number of aryl methyl sites for hydroxylation is 2. The zero-order valence-electron chi connectivity index (χ0n) is 42.3. The number of halogens is 3. The van der Waals surface area contributed by atoms with E-state index in [0.717, 1.165) is 72.8 Å². The van der Waals surface area contributed by atoms with Gasteiger partial charge in [-0.05, 0) is 137 Å². The maximum Gasteiger partial charge on any atom is 0.410 e. The highest BCUT2D eigenvalue weighted by atomic mass is 35.5. The van der Waals surface area contributed by atoms with Gasteiger partial charge in [-0.1, -0.05) is 54.3 Å². The van der Waals surface area contributed by atoms with Crippen LogP contribution in [0.4, 0.5) is 35.9 Å². The predicted molar refractivity (Wildman–Crippen MR) is 303 cm³/mol. The molecule has 8 N–H and O–H groups in total. The number of carboxylic acids is 1. The highest BCUT2D eigenvalue weighted by Gasteiger charge is 2.31. The number of amidine groups is 1. The second-order valence-electron chi connectivity index (χ2n) is 17.2. The van der Waals surface area contributed by atoms with Gasteiger partial charge in [-0.25, -0.2) is 18.6 Å². The number of thioether (sulfide) groups is 1. The van der Waals surface area contributed by atoms with Gasteiger partial charge in [-0.2, -0.15) is 14.9 Å². The Kier molecular flexibility index (Phi) is 25.6. The predicted octanol–water partition coefficient (Wildman–Crippen LogP) is 10.4. The lowest BCUT2D eigenvalue weighted by atomic mass is 10.1. The molecule has 2 aliphatic heterocycles. The van der Waals surface area contributed by atoms with Crippen LogP contribution >= 0.6 is 56.8 Å². The zero-order chi connectivity index (χ0) is 53.8. The monoisotopic (exact) mass is 1120 g/mol. The van der Waals surface area contributed by atoms with E-state index in [9.17, 15) is 23.2 Å². The second-order valence-corrected chi connectivity index (χ2v) is 20.2. The van der Waals surface area contributed by atoms with Crippen LogP contribution in [0.25, 0.3) is 0 Å². The summed E-state index contributed by atoms with van der Waals surface area (Å²) < 4.78 is 44.0. The molecule has 3 heterocycles. The summed E-state index contributed by atoms with van der Waals surface area (Å²) in [4.78, 5) is 55.1. The number of alkyl halides is 1. The van der Waals surface area contributed by atoms with Crippen molar-refractivity contribution in [2.75, 3.05) is 54.2 Å². The van der Waals surface area contributed by atoms with E-state index < -0.39 is 17.4 Å². The first-order chi connectivity index (χ1) is 34.5. The highest BCUT2D eigenvalue weighted by Crippen LogP contribution is 2.31. The fraction of sp³-hybridized carbons (Fsp3) is 0.353. The number of benzene rings is 4. The van der Waals surface area contributed by atoms with Gasteiger partial charge in [0, 0.05) is 48.9 Å². The SMILES string of the molecule is CC(=O)O.CCSC(N)=NC(=S)Nc1ccc(OC2CCN(C(=O)OC(C)(C)C)C2)cc1.Cc1ccc(C(=O)CCl)cc1F.Cc1ccc(C(=O)c2sc(Nc3ccc(OC4CCNC4)cc3)nc2N)cc1F.P. The van der Waals surface area contributed by atoms with Crippen molar-refractivity contribution in [2.24, 2.45) is 10.7 Å². The Bertz CT molecular complexity index is 2700. The van der Waals surface area contributed by atoms with Crippen molar-refractivity contribution < 1.29 is 47.3 Å². The molecule has 2 aliphatic rings. The summed E-state index contributed by atoms with van der Waals surface area (Å²) in [6, 6.07) is 23.7. The second kappa shape index (κ2) is 30.4. The van der Waals surface area contributed by atoms with E-state index in [2.05, 4.69) is 25.9 Å². The lowest BCUT2D eigenvalue weighted by Crippen LogP contribution is -2.36. The molecular weight excluding hydrogens is 1050 g/mol. The molecule has 23 heteroatoms. The van der Waals surface area contributed by atoms with Gasteiger partial charge < -0.3 is 51.6 Å². The molecule has 16 nitrogen and oxygen atoms in total. The summed E-state index contributed by atoms with van der Waals surface area (Å²) in [5.74, 6) is 0.170. The van der Waals surface area contributed by atoms with Gasteiger partial charge in [0.05, 0.1) is 12.4 Å². The van der Waals surface area contributed by atoms with Gasteiger partial charge in [0.25, 0.3) is 5.97 Å². The summed E-state index contributed by atoms with van der Waals surface area (Å²) >= 11 is 13.1. The number of hydrogen-bond donors (Lipinski definition) is 6. The molecule has 0 spiro atoms. The van der Waals surface area contributed by atoms with Crippen LogP contribution in [0.1, 0.15) is 84.2 Å². The van der Waals surface area contributed by atoms with E-state index in [1.165, 1.54) is 23.9 Å². The van der Waals surface area contributed by atoms with Gasteiger partial charge >= 0.3 is 6.09 Å². The van der Waals surface area contributed by atoms with Crippen LogP contribution in [0.3, 0.4) is 0 Å². The third-order valence-electron chi connectivity index (χ3n) is 10.0. The average molecular weight is 1120 g/mol. The maximum atomic E-state index is 13.8. The smallest absolute Gasteiger partial charge is 0.410 e. The molecule has 7 rings (SSSR count). The maximum absolute atomic E-state index is 13.8. The van der Waals surface area contributed by atoms with Crippen LogP contribution < -0.4 is 36.9 Å². The van der Waals surface area contributed by atoms with Gasteiger partial charge in [0.1, 0.15) is 51.6 Å². The van der Waals surface area contributed by atoms with E-state index in [4.69, 9.17) is 59.4 Å². The third kappa shape index (κ3) is 21.5. The molecule has 3 atom stereocenters. The van der Waals surface area contributed by atoms with Crippen LogP contribution in [0.2, 0.25) is 0 Å². The van der Waals surface area contributed by atoms with Crippen LogP contribution in [-0.4, -0.2) is 105 Å². The van der Waals surface area contributed by atoms with E-state index in [-0.39, 0.29) is 67.7 Å². The number of ketones is 2. The van der Waals surface area contributed by atoms with Crippen molar-refractivity contribution in [1.29, 1.82) is 0 Å². The Hall–Kier alpha value is -5.96. The number of anilines is 4. The number of likely N-dealkylation sites (tertiary alicyclic amines) is 1. The first kappa shape index (κ1) is 62.3. The van der Waals surface area contributed by atoms with Crippen LogP contribution in [-0.2, 0) is 9.53 Å². The molecule has 2 fully saturated rings. The molecule has 5 aromatic rings. The number of hydrogen-bond acceptors (Lipinski definition) is 14. The van der Waals surface area contributed by atoms with E-state index in [1.807, 2.05) is 76.2 Å². The lowest BCUT2D eigenvalue weighted by Gasteiger charge is -2.24. The van der Waals surface area contributed by atoms with Crippen LogP contribution in [0, 0.1) is 25.5 Å². The number of Topliss-reactive ketones (excluding diaryl/α,β-unsaturated/α-hetero) is 1. The first-order valence-electron chi connectivity index (χ1n) is 22.9. The molecule has 0 saturated carbocycles. The van der Waals surface area contributed by atoms with Gasteiger partial charge in [0.2, 0.25) is 5.78 Å².